The fraction of sp³-hybridized carbons (Fsp3) is 0.529. The van der Waals surface area contributed by atoms with Gasteiger partial charge in [0, 0.05) is 23.5 Å². The van der Waals surface area contributed by atoms with E-state index in [9.17, 15) is 4.79 Å². The fourth-order valence-electron chi connectivity index (χ4n) is 4.11. The molecule has 1 aliphatic heterocycles. The Morgan fingerprint density at radius 2 is 2.05 bits per heavy atom. The number of benzene rings is 1. The van der Waals surface area contributed by atoms with Gasteiger partial charge in [-0.15, -0.1) is 0 Å². The lowest BCUT2D eigenvalue weighted by atomic mass is 9.95. The molecule has 2 aromatic rings. The summed E-state index contributed by atoms with van der Waals surface area (Å²) in [6.07, 6.45) is 9.40. The van der Waals surface area contributed by atoms with Gasteiger partial charge in [0.25, 0.3) is 5.91 Å². The number of carbonyl (C=O) groups excluding carboxylic acids is 1. The molecule has 1 unspecified atom stereocenters. The van der Waals surface area contributed by atoms with E-state index >= 15 is 0 Å². The number of carbonyl (C=O) groups is 1. The first-order valence-electron chi connectivity index (χ1n) is 8.07. The fourth-order valence-corrected chi connectivity index (χ4v) is 4.11. The highest BCUT2D eigenvalue weighted by Crippen LogP contribution is 2.36. The third-order valence-corrected chi connectivity index (χ3v) is 5.19. The highest BCUT2D eigenvalue weighted by atomic mass is 16.2. The third kappa shape index (κ3) is 2.23. The lowest BCUT2D eigenvalue weighted by molar-refractivity contribution is 0.0689. The van der Waals surface area contributed by atoms with Gasteiger partial charge in [-0.05, 0) is 43.7 Å². The van der Waals surface area contributed by atoms with Gasteiger partial charge in [-0.2, -0.15) is 5.10 Å². The molecule has 0 spiro atoms. The van der Waals surface area contributed by atoms with Gasteiger partial charge in [0.15, 0.2) is 0 Å². The van der Waals surface area contributed by atoms with Crippen LogP contribution in [0.25, 0.3) is 10.9 Å². The third-order valence-electron chi connectivity index (χ3n) is 5.19. The van der Waals surface area contributed by atoms with Crippen molar-refractivity contribution in [1.82, 2.24) is 15.1 Å². The number of nitrogens with zero attached hydrogens (tertiary/aromatic N) is 2. The molecule has 4 nitrogen and oxygen atoms in total. The van der Waals surface area contributed by atoms with Gasteiger partial charge in [0.1, 0.15) is 0 Å². The zero-order valence-corrected chi connectivity index (χ0v) is 12.2. The number of fused-ring (bicyclic) bond motifs is 1. The highest BCUT2D eigenvalue weighted by Gasteiger charge is 2.36. The van der Waals surface area contributed by atoms with E-state index in [4.69, 9.17) is 0 Å². The predicted octanol–water partition coefficient (Wildman–Crippen LogP) is 3.36. The molecule has 1 amide bonds. The number of aromatic nitrogens is 2. The van der Waals surface area contributed by atoms with Crippen LogP contribution in [-0.2, 0) is 0 Å². The lowest BCUT2D eigenvalue weighted by Crippen LogP contribution is -2.39. The molecular formula is C17H21N3O. The van der Waals surface area contributed by atoms with Crippen LogP contribution in [0.1, 0.15) is 48.9 Å². The van der Waals surface area contributed by atoms with E-state index in [1.807, 2.05) is 18.2 Å². The maximum atomic E-state index is 12.9. The molecule has 4 heteroatoms. The molecule has 1 saturated carbocycles. The second kappa shape index (κ2) is 5.17. The molecule has 21 heavy (non-hydrogen) atoms. The van der Waals surface area contributed by atoms with Gasteiger partial charge in [0.2, 0.25) is 0 Å². The van der Waals surface area contributed by atoms with Crippen LogP contribution in [0.2, 0.25) is 0 Å². The molecule has 1 aliphatic carbocycles. The van der Waals surface area contributed by atoms with Crippen molar-refractivity contribution in [2.45, 2.75) is 44.6 Å². The molecule has 110 valence electrons. The van der Waals surface area contributed by atoms with Crippen molar-refractivity contribution in [3.8, 4) is 0 Å². The molecule has 2 fully saturated rings. The van der Waals surface area contributed by atoms with Crippen molar-refractivity contribution in [3.63, 3.8) is 0 Å². The molecule has 0 radical (unpaired) electrons. The molecule has 2 heterocycles. The second-order valence-corrected chi connectivity index (χ2v) is 6.42. The lowest BCUT2D eigenvalue weighted by Gasteiger charge is -2.29. The summed E-state index contributed by atoms with van der Waals surface area (Å²) in [6, 6.07) is 6.32. The normalized spacial score (nSPS) is 23.2. The van der Waals surface area contributed by atoms with Crippen molar-refractivity contribution < 1.29 is 4.79 Å². The van der Waals surface area contributed by atoms with Crippen LogP contribution in [-0.4, -0.2) is 33.6 Å². The molecule has 4 rings (SSSR count). The van der Waals surface area contributed by atoms with Crippen molar-refractivity contribution in [2.75, 3.05) is 6.54 Å². The average molecular weight is 283 g/mol. The van der Waals surface area contributed by atoms with Crippen LogP contribution in [0, 0.1) is 5.92 Å². The molecule has 2 aliphatic rings. The molecule has 0 bridgehead atoms. The smallest absolute Gasteiger partial charge is 0.254 e. The van der Waals surface area contributed by atoms with Crippen LogP contribution in [0.15, 0.2) is 24.4 Å². The van der Waals surface area contributed by atoms with Gasteiger partial charge in [0.05, 0.1) is 11.7 Å². The van der Waals surface area contributed by atoms with Crippen molar-refractivity contribution >= 4 is 16.8 Å². The zero-order chi connectivity index (χ0) is 14.2. The first-order chi connectivity index (χ1) is 10.3. The van der Waals surface area contributed by atoms with Crippen LogP contribution >= 0.6 is 0 Å². The number of aromatic amines is 1. The summed E-state index contributed by atoms with van der Waals surface area (Å²) in [5.74, 6) is 0.924. The summed E-state index contributed by atoms with van der Waals surface area (Å²) in [4.78, 5) is 15.0. The number of H-pyrrole nitrogens is 1. The van der Waals surface area contributed by atoms with Crippen molar-refractivity contribution in [1.29, 1.82) is 0 Å². The number of hydrogen-bond acceptors (Lipinski definition) is 2. The van der Waals surface area contributed by atoms with Gasteiger partial charge in [-0.1, -0.05) is 18.9 Å². The van der Waals surface area contributed by atoms with Crippen molar-refractivity contribution in [2.24, 2.45) is 5.92 Å². The minimum Gasteiger partial charge on any atom is -0.335 e. The Hall–Kier alpha value is -1.84. The summed E-state index contributed by atoms with van der Waals surface area (Å²) in [5.41, 5.74) is 1.73. The van der Waals surface area contributed by atoms with Crippen LogP contribution in [0.3, 0.4) is 0 Å². The number of nitrogens with one attached hydrogen (secondary N) is 1. The second-order valence-electron chi connectivity index (χ2n) is 6.42. The Labute approximate surface area is 124 Å². The number of hydrogen-bond donors (Lipinski definition) is 1. The summed E-state index contributed by atoms with van der Waals surface area (Å²) < 4.78 is 0. The number of rotatable bonds is 2. The minimum absolute atomic E-state index is 0.195. The molecule has 1 aromatic heterocycles. The molecule has 1 saturated heterocycles. The average Bonchev–Trinajstić information content (AvgIpc) is 3.24. The maximum Gasteiger partial charge on any atom is 0.254 e. The Balaban J connectivity index is 1.60. The molecule has 1 aromatic carbocycles. The Kier molecular flexibility index (Phi) is 3.17. The highest BCUT2D eigenvalue weighted by molar-refractivity contribution is 5.98. The molecular weight excluding hydrogens is 262 g/mol. The van der Waals surface area contributed by atoms with E-state index in [1.165, 1.54) is 32.1 Å². The minimum atomic E-state index is 0.195. The molecule has 1 N–H and O–H groups in total. The van der Waals surface area contributed by atoms with Crippen LogP contribution < -0.4 is 0 Å². The van der Waals surface area contributed by atoms with Crippen molar-refractivity contribution in [3.05, 3.63) is 30.0 Å². The quantitative estimate of drug-likeness (QED) is 0.918. The predicted molar refractivity (Wildman–Crippen MR) is 82.1 cm³/mol. The van der Waals surface area contributed by atoms with E-state index in [2.05, 4.69) is 15.1 Å². The first-order valence-corrected chi connectivity index (χ1v) is 8.07. The van der Waals surface area contributed by atoms with Gasteiger partial charge in [-0.25, -0.2) is 0 Å². The molecule has 1 atom stereocenters. The topological polar surface area (TPSA) is 49.0 Å². The van der Waals surface area contributed by atoms with E-state index in [0.29, 0.717) is 6.04 Å². The summed E-state index contributed by atoms with van der Waals surface area (Å²) in [6.45, 7) is 0.918. The Bertz CT molecular complexity index is 657. The number of likely N-dealkylation sites (tertiary alicyclic amines) is 1. The van der Waals surface area contributed by atoms with E-state index < -0.39 is 0 Å². The van der Waals surface area contributed by atoms with Crippen LogP contribution in [0.4, 0.5) is 0 Å². The monoisotopic (exact) mass is 283 g/mol. The van der Waals surface area contributed by atoms with Crippen LogP contribution in [0.5, 0.6) is 0 Å². The summed E-state index contributed by atoms with van der Waals surface area (Å²) in [7, 11) is 0. The van der Waals surface area contributed by atoms with E-state index in [1.54, 1.807) is 6.20 Å². The Morgan fingerprint density at radius 1 is 1.19 bits per heavy atom. The van der Waals surface area contributed by atoms with E-state index in [0.717, 1.165) is 35.3 Å². The largest absolute Gasteiger partial charge is 0.335 e. The van der Waals surface area contributed by atoms with Gasteiger partial charge >= 0.3 is 0 Å². The van der Waals surface area contributed by atoms with Gasteiger partial charge < -0.3 is 4.90 Å². The van der Waals surface area contributed by atoms with E-state index in [-0.39, 0.29) is 5.91 Å². The SMILES string of the molecule is O=C(c1ccc2cn[nH]c2c1)N1CCCC1C1CCCC1. The summed E-state index contributed by atoms with van der Waals surface area (Å²) >= 11 is 0. The van der Waals surface area contributed by atoms with Gasteiger partial charge in [-0.3, -0.25) is 9.89 Å². The first kappa shape index (κ1) is 12.9. The standard InChI is InChI=1S/C17H21N3O/c21-17(13-7-8-14-11-18-19-15(14)10-13)20-9-3-6-16(20)12-4-1-2-5-12/h7-8,10-12,16H,1-6,9H2,(H,18,19). The zero-order valence-electron chi connectivity index (χ0n) is 12.2. The Morgan fingerprint density at radius 3 is 2.90 bits per heavy atom. The summed E-state index contributed by atoms with van der Waals surface area (Å²) in [5, 5.41) is 8.03. The maximum absolute atomic E-state index is 12.9. The number of amides is 1.